The van der Waals surface area contributed by atoms with Crippen LogP contribution >= 0.6 is 11.6 Å². The maximum Gasteiger partial charge on any atom is 0.259 e. The molecule has 100 valence electrons. The number of halogens is 1. The Morgan fingerprint density at radius 1 is 1.35 bits per heavy atom. The van der Waals surface area contributed by atoms with Gasteiger partial charge in [-0.2, -0.15) is 0 Å². The van der Waals surface area contributed by atoms with Crippen molar-refractivity contribution in [1.82, 2.24) is 4.98 Å². The number of anilines is 1. The minimum Gasteiger partial charge on any atom is -0.463 e. The van der Waals surface area contributed by atoms with E-state index in [-0.39, 0.29) is 5.91 Å². The molecule has 0 saturated carbocycles. The van der Waals surface area contributed by atoms with E-state index in [4.69, 9.17) is 16.0 Å². The summed E-state index contributed by atoms with van der Waals surface area (Å²) in [5.74, 6) is -0.238. The highest BCUT2D eigenvalue weighted by Gasteiger charge is 2.13. The Bertz CT molecular complexity index is 795. The number of hydrogen-bond acceptors (Lipinski definition) is 3. The average Bonchev–Trinajstić information content (AvgIpc) is 2.87. The maximum absolute atomic E-state index is 12.3. The van der Waals surface area contributed by atoms with Crippen LogP contribution in [0.5, 0.6) is 0 Å². The van der Waals surface area contributed by atoms with Crippen molar-refractivity contribution in [2.24, 2.45) is 0 Å². The lowest BCUT2D eigenvalue weighted by Crippen LogP contribution is -2.11. The minimum atomic E-state index is -0.238. The number of para-hydroxylation sites is 1. The quantitative estimate of drug-likeness (QED) is 0.723. The van der Waals surface area contributed by atoms with Crippen LogP contribution in [0, 0.1) is 6.92 Å². The van der Waals surface area contributed by atoms with Crippen LogP contribution in [0.2, 0.25) is 5.15 Å². The van der Waals surface area contributed by atoms with Crippen molar-refractivity contribution >= 4 is 34.2 Å². The Morgan fingerprint density at radius 2 is 2.15 bits per heavy atom. The topological polar surface area (TPSA) is 55.1 Å². The summed E-state index contributed by atoms with van der Waals surface area (Å²) in [6.07, 6.45) is 2.98. The molecule has 0 atom stereocenters. The summed E-state index contributed by atoms with van der Waals surface area (Å²) in [7, 11) is 0. The number of fused-ring (bicyclic) bond motifs is 1. The summed E-state index contributed by atoms with van der Waals surface area (Å²) < 4.78 is 5.35. The van der Waals surface area contributed by atoms with Gasteiger partial charge in [-0.15, -0.1) is 0 Å². The third-order valence-corrected chi connectivity index (χ3v) is 3.39. The van der Waals surface area contributed by atoms with Gasteiger partial charge in [0.25, 0.3) is 5.91 Å². The summed E-state index contributed by atoms with van der Waals surface area (Å²) in [4.78, 5) is 16.3. The molecule has 1 N–H and O–H groups in total. The number of carbonyl (C=O) groups excluding carboxylic acids is 1. The standard InChI is InChI=1S/C15H11ClN2O2/c1-9-6-10(7-17-14(9)16)18-15(19)12-8-20-13-5-3-2-4-11(12)13/h2-8H,1H3,(H,18,19). The van der Waals surface area contributed by atoms with E-state index >= 15 is 0 Å². The number of pyridine rings is 1. The number of carbonyl (C=O) groups is 1. The number of rotatable bonds is 2. The molecule has 0 spiro atoms. The molecule has 0 fully saturated rings. The predicted octanol–water partition coefficient (Wildman–Crippen LogP) is 4.04. The van der Waals surface area contributed by atoms with Crippen molar-refractivity contribution < 1.29 is 9.21 Å². The van der Waals surface area contributed by atoms with E-state index in [0.29, 0.717) is 22.0 Å². The summed E-state index contributed by atoms with van der Waals surface area (Å²) >= 11 is 5.86. The lowest BCUT2D eigenvalue weighted by atomic mass is 10.1. The molecular formula is C15H11ClN2O2. The Morgan fingerprint density at radius 3 is 2.95 bits per heavy atom. The fraction of sp³-hybridized carbons (Fsp3) is 0.0667. The molecule has 5 heteroatoms. The molecule has 20 heavy (non-hydrogen) atoms. The molecule has 3 rings (SSSR count). The molecule has 0 aliphatic rings. The molecule has 0 saturated heterocycles. The van der Waals surface area contributed by atoms with E-state index in [1.54, 1.807) is 6.07 Å². The molecule has 0 aliphatic heterocycles. The van der Waals surface area contributed by atoms with Gasteiger partial charge >= 0.3 is 0 Å². The van der Waals surface area contributed by atoms with Crippen molar-refractivity contribution in [3.63, 3.8) is 0 Å². The van der Waals surface area contributed by atoms with Crippen LogP contribution < -0.4 is 5.32 Å². The van der Waals surface area contributed by atoms with Crippen LogP contribution in [-0.4, -0.2) is 10.9 Å². The molecule has 0 radical (unpaired) electrons. The number of aryl methyl sites for hydroxylation is 1. The second-order valence-corrected chi connectivity index (χ2v) is 4.79. The predicted molar refractivity (Wildman–Crippen MR) is 78.2 cm³/mol. The molecule has 1 amide bonds. The van der Waals surface area contributed by atoms with Gasteiger partial charge in [0.1, 0.15) is 17.0 Å². The molecule has 1 aromatic carbocycles. The number of nitrogens with zero attached hydrogens (tertiary/aromatic N) is 1. The number of aromatic nitrogens is 1. The molecule has 0 unspecified atom stereocenters. The number of nitrogens with one attached hydrogen (secondary N) is 1. The van der Waals surface area contributed by atoms with E-state index in [1.165, 1.54) is 12.5 Å². The van der Waals surface area contributed by atoms with E-state index in [9.17, 15) is 4.79 Å². The lowest BCUT2D eigenvalue weighted by Gasteiger charge is -2.05. The Kier molecular flexibility index (Phi) is 3.16. The number of amides is 1. The van der Waals surface area contributed by atoms with Gasteiger partial charge < -0.3 is 9.73 Å². The zero-order chi connectivity index (χ0) is 14.1. The Hall–Kier alpha value is -2.33. The van der Waals surface area contributed by atoms with E-state index in [1.807, 2.05) is 31.2 Å². The van der Waals surface area contributed by atoms with E-state index in [2.05, 4.69) is 10.3 Å². The van der Waals surface area contributed by atoms with Crippen LogP contribution in [0.15, 0.2) is 47.2 Å². The van der Waals surface area contributed by atoms with Crippen molar-refractivity contribution in [2.45, 2.75) is 6.92 Å². The summed E-state index contributed by atoms with van der Waals surface area (Å²) in [5, 5.41) is 3.99. The summed E-state index contributed by atoms with van der Waals surface area (Å²) in [6, 6.07) is 9.16. The first kappa shape index (κ1) is 12.7. The van der Waals surface area contributed by atoms with Gasteiger partial charge in [-0.1, -0.05) is 29.8 Å². The van der Waals surface area contributed by atoms with Crippen LogP contribution in [-0.2, 0) is 0 Å². The summed E-state index contributed by atoms with van der Waals surface area (Å²) in [6.45, 7) is 1.83. The average molecular weight is 287 g/mol. The van der Waals surface area contributed by atoms with Crippen LogP contribution in [0.3, 0.4) is 0 Å². The Balaban J connectivity index is 1.91. The van der Waals surface area contributed by atoms with Crippen molar-refractivity contribution in [3.05, 3.63) is 59.1 Å². The first-order chi connectivity index (χ1) is 9.65. The van der Waals surface area contributed by atoms with E-state index in [0.717, 1.165) is 10.9 Å². The maximum atomic E-state index is 12.3. The van der Waals surface area contributed by atoms with Crippen molar-refractivity contribution in [3.8, 4) is 0 Å². The first-order valence-corrected chi connectivity index (χ1v) is 6.42. The molecule has 2 aromatic heterocycles. The number of benzene rings is 1. The van der Waals surface area contributed by atoms with Crippen LogP contribution in [0.25, 0.3) is 11.0 Å². The van der Waals surface area contributed by atoms with Gasteiger partial charge in [-0.3, -0.25) is 4.79 Å². The highest BCUT2D eigenvalue weighted by Crippen LogP contribution is 2.22. The minimum absolute atomic E-state index is 0.238. The third-order valence-electron chi connectivity index (χ3n) is 3.00. The van der Waals surface area contributed by atoms with Gasteiger partial charge in [0, 0.05) is 5.39 Å². The number of furan rings is 1. The van der Waals surface area contributed by atoms with Gasteiger partial charge in [0.15, 0.2) is 0 Å². The molecule has 3 aromatic rings. The SMILES string of the molecule is Cc1cc(NC(=O)c2coc3ccccc23)cnc1Cl. The van der Waals surface area contributed by atoms with Crippen molar-refractivity contribution in [1.29, 1.82) is 0 Å². The zero-order valence-electron chi connectivity index (χ0n) is 10.7. The molecule has 0 aliphatic carbocycles. The van der Waals surface area contributed by atoms with Gasteiger partial charge in [-0.25, -0.2) is 4.98 Å². The molecule has 2 heterocycles. The van der Waals surface area contributed by atoms with Gasteiger partial charge in [0.05, 0.1) is 17.4 Å². The lowest BCUT2D eigenvalue weighted by molar-refractivity contribution is 0.102. The van der Waals surface area contributed by atoms with Crippen molar-refractivity contribution in [2.75, 3.05) is 5.32 Å². The fourth-order valence-electron chi connectivity index (χ4n) is 1.98. The van der Waals surface area contributed by atoms with Gasteiger partial charge in [0.2, 0.25) is 0 Å². The molecule has 4 nitrogen and oxygen atoms in total. The molecular weight excluding hydrogens is 276 g/mol. The highest BCUT2D eigenvalue weighted by atomic mass is 35.5. The van der Waals surface area contributed by atoms with Gasteiger partial charge in [-0.05, 0) is 24.6 Å². The zero-order valence-corrected chi connectivity index (χ0v) is 11.4. The van der Waals surface area contributed by atoms with E-state index < -0.39 is 0 Å². The van der Waals surface area contributed by atoms with Crippen LogP contribution in [0.4, 0.5) is 5.69 Å². The smallest absolute Gasteiger partial charge is 0.259 e. The summed E-state index contributed by atoms with van der Waals surface area (Å²) in [5.41, 5.74) is 2.58. The normalized spacial score (nSPS) is 10.7. The second kappa shape index (κ2) is 4.98. The van der Waals surface area contributed by atoms with Crippen LogP contribution in [0.1, 0.15) is 15.9 Å². The highest BCUT2D eigenvalue weighted by molar-refractivity contribution is 6.30. The number of hydrogen-bond donors (Lipinski definition) is 1. The fourth-order valence-corrected chi connectivity index (χ4v) is 2.08. The first-order valence-electron chi connectivity index (χ1n) is 6.05. The Labute approximate surface area is 120 Å². The monoisotopic (exact) mass is 286 g/mol. The second-order valence-electron chi connectivity index (χ2n) is 4.43. The third kappa shape index (κ3) is 2.26. The molecule has 0 bridgehead atoms. The largest absolute Gasteiger partial charge is 0.463 e.